The number of nitrogens with one attached hydrogen (secondary N) is 1. The molecule has 2 aliphatic carbocycles. The standard InChI is InChI=1S/C15H17NO2/c1-18-13-4-2-3-12(9-13)15(17)16-14-8-10-5-6-11(14)7-10/h2-6,9-11,14H,7-8H2,1H3,(H,16,17)/t10?,11?,14-/m0/s1. The van der Waals surface area contributed by atoms with E-state index in [1.807, 2.05) is 18.2 Å². The van der Waals surface area contributed by atoms with Crippen LogP contribution in [-0.4, -0.2) is 19.1 Å². The van der Waals surface area contributed by atoms with Crippen LogP contribution in [0.2, 0.25) is 0 Å². The number of carbonyl (C=O) groups excluding carboxylic acids is 1. The van der Waals surface area contributed by atoms with Gasteiger partial charge in [0.2, 0.25) is 0 Å². The summed E-state index contributed by atoms with van der Waals surface area (Å²) in [7, 11) is 1.61. The molecule has 1 fully saturated rings. The van der Waals surface area contributed by atoms with Gasteiger partial charge in [-0.25, -0.2) is 0 Å². The van der Waals surface area contributed by atoms with Gasteiger partial charge < -0.3 is 10.1 Å². The summed E-state index contributed by atoms with van der Waals surface area (Å²) < 4.78 is 5.13. The van der Waals surface area contributed by atoms with Crippen molar-refractivity contribution in [2.75, 3.05) is 7.11 Å². The Balaban J connectivity index is 1.69. The molecule has 0 radical (unpaired) electrons. The Hall–Kier alpha value is -1.77. The molecule has 0 aliphatic heterocycles. The summed E-state index contributed by atoms with van der Waals surface area (Å²) in [6, 6.07) is 7.59. The van der Waals surface area contributed by atoms with E-state index >= 15 is 0 Å². The number of methoxy groups -OCH3 is 1. The van der Waals surface area contributed by atoms with Crippen LogP contribution in [0, 0.1) is 11.8 Å². The maximum atomic E-state index is 12.2. The summed E-state index contributed by atoms with van der Waals surface area (Å²) in [5, 5.41) is 3.13. The lowest BCUT2D eigenvalue weighted by atomic mass is 10.0. The molecule has 2 unspecified atom stereocenters. The summed E-state index contributed by atoms with van der Waals surface area (Å²) in [6.07, 6.45) is 6.80. The Morgan fingerprint density at radius 2 is 2.22 bits per heavy atom. The van der Waals surface area contributed by atoms with Crippen LogP contribution in [0.3, 0.4) is 0 Å². The van der Waals surface area contributed by atoms with Crippen LogP contribution >= 0.6 is 0 Å². The van der Waals surface area contributed by atoms with E-state index in [0.29, 0.717) is 23.4 Å². The number of allylic oxidation sites excluding steroid dienone is 1. The van der Waals surface area contributed by atoms with Gasteiger partial charge in [0, 0.05) is 11.6 Å². The van der Waals surface area contributed by atoms with Gasteiger partial charge in [-0.15, -0.1) is 0 Å². The third-order valence-corrected chi connectivity index (χ3v) is 3.93. The summed E-state index contributed by atoms with van der Waals surface area (Å²) in [5.41, 5.74) is 0.668. The Kier molecular flexibility index (Phi) is 2.82. The second kappa shape index (κ2) is 4.48. The molecule has 0 spiro atoms. The zero-order valence-electron chi connectivity index (χ0n) is 10.4. The van der Waals surface area contributed by atoms with Crippen molar-refractivity contribution < 1.29 is 9.53 Å². The maximum absolute atomic E-state index is 12.2. The molecule has 1 amide bonds. The maximum Gasteiger partial charge on any atom is 0.251 e. The topological polar surface area (TPSA) is 38.3 Å². The minimum Gasteiger partial charge on any atom is -0.497 e. The van der Waals surface area contributed by atoms with Gasteiger partial charge in [0.1, 0.15) is 5.75 Å². The van der Waals surface area contributed by atoms with Crippen molar-refractivity contribution in [3.05, 3.63) is 42.0 Å². The minimum absolute atomic E-state index is 0.000139. The molecule has 3 atom stereocenters. The molecule has 2 bridgehead atoms. The van der Waals surface area contributed by atoms with Crippen molar-refractivity contribution in [2.24, 2.45) is 11.8 Å². The molecule has 0 saturated heterocycles. The first-order valence-electron chi connectivity index (χ1n) is 6.39. The molecule has 18 heavy (non-hydrogen) atoms. The van der Waals surface area contributed by atoms with E-state index in [-0.39, 0.29) is 5.91 Å². The quantitative estimate of drug-likeness (QED) is 0.828. The highest BCUT2D eigenvalue weighted by molar-refractivity contribution is 5.94. The highest BCUT2D eigenvalue weighted by atomic mass is 16.5. The SMILES string of the molecule is COc1cccc(C(=O)N[C@H]2CC3C=CC2C3)c1. The summed E-state index contributed by atoms with van der Waals surface area (Å²) >= 11 is 0. The van der Waals surface area contributed by atoms with Gasteiger partial charge in [-0.1, -0.05) is 18.2 Å². The molecule has 1 N–H and O–H groups in total. The monoisotopic (exact) mass is 243 g/mol. The fourth-order valence-corrected chi connectivity index (χ4v) is 2.96. The normalized spacial score (nSPS) is 28.4. The molecule has 2 aliphatic rings. The van der Waals surface area contributed by atoms with Crippen molar-refractivity contribution >= 4 is 5.91 Å². The van der Waals surface area contributed by atoms with Gasteiger partial charge in [0.15, 0.2) is 0 Å². The Morgan fingerprint density at radius 1 is 1.33 bits per heavy atom. The summed E-state index contributed by atoms with van der Waals surface area (Å²) in [6.45, 7) is 0. The Morgan fingerprint density at radius 3 is 2.89 bits per heavy atom. The zero-order valence-corrected chi connectivity index (χ0v) is 10.4. The fourth-order valence-electron chi connectivity index (χ4n) is 2.96. The van der Waals surface area contributed by atoms with E-state index in [9.17, 15) is 4.79 Å². The van der Waals surface area contributed by atoms with E-state index in [1.165, 1.54) is 6.42 Å². The number of ether oxygens (including phenoxy) is 1. The molecule has 0 heterocycles. The molecular formula is C15H17NO2. The number of hydrogen-bond acceptors (Lipinski definition) is 2. The van der Waals surface area contributed by atoms with Gasteiger partial charge in [-0.3, -0.25) is 4.79 Å². The van der Waals surface area contributed by atoms with E-state index in [1.54, 1.807) is 13.2 Å². The predicted octanol–water partition coefficient (Wildman–Crippen LogP) is 2.39. The van der Waals surface area contributed by atoms with Gasteiger partial charge in [0.25, 0.3) is 5.91 Å². The van der Waals surface area contributed by atoms with E-state index in [4.69, 9.17) is 4.74 Å². The average molecular weight is 243 g/mol. The van der Waals surface area contributed by atoms with Crippen LogP contribution in [0.1, 0.15) is 23.2 Å². The third kappa shape index (κ3) is 2.01. The molecule has 3 heteroatoms. The first-order chi connectivity index (χ1) is 8.76. The lowest BCUT2D eigenvalue weighted by Crippen LogP contribution is -2.37. The Labute approximate surface area is 107 Å². The molecule has 1 aromatic rings. The first kappa shape index (κ1) is 11.3. The third-order valence-electron chi connectivity index (χ3n) is 3.93. The highest BCUT2D eigenvalue weighted by Crippen LogP contribution is 2.39. The summed E-state index contributed by atoms with van der Waals surface area (Å²) in [5.74, 6) is 1.92. The first-order valence-corrected chi connectivity index (χ1v) is 6.39. The van der Waals surface area contributed by atoms with Gasteiger partial charge >= 0.3 is 0 Å². The second-order valence-electron chi connectivity index (χ2n) is 5.09. The van der Waals surface area contributed by atoms with E-state index in [0.717, 1.165) is 12.2 Å². The van der Waals surface area contributed by atoms with Crippen LogP contribution in [0.5, 0.6) is 5.75 Å². The lowest BCUT2D eigenvalue weighted by molar-refractivity contribution is 0.0931. The van der Waals surface area contributed by atoms with Gasteiger partial charge in [-0.05, 0) is 42.9 Å². The smallest absolute Gasteiger partial charge is 0.251 e. The number of fused-ring (bicyclic) bond motifs is 2. The molecule has 1 aromatic carbocycles. The molecule has 1 saturated carbocycles. The molecule has 3 rings (SSSR count). The van der Waals surface area contributed by atoms with Crippen LogP contribution in [0.15, 0.2) is 36.4 Å². The van der Waals surface area contributed by atoms with E-state index < -0.39 is 0 Å². The van der Waals surface area contributed by atoms with Crippen molar-refractivity contribution in [3.8, 4) is 5.75 Å². The van der Waals surface area contributed by atoms with Gasteiger partial charge in [-0.2, -0.15) is 0 Å². The zero-order chi connectivity index (χ0) is 12.5. The van der Waals surface area contributed by atoms with Crippen molar-refractivity contribution in [1.29, 1.82) is 0 Å². The molecule has 3 nitrogen and oxygen atoms in total. The number of carbonyl (C=O) groups is 1. The minimum atomic E-state index is -0.000139. The number of benzene rings is 1. The van der Waals surface area contributed by atoms with Crippen molar-refractivity contribution in [1.82, 2.24) is 5.32 Å². The predicted molar refractivity (Wildman–Crippen MR) is 69.6 cm³/mol. The van der Waals surface area contributed by atoms with Crippen LogP contribution < -0.4 is 10.1 Å². The van der Waals surface area contributed by atoms with Crippen LogP contribution in [-0.2, 0) is 0 Å². The number of rotatable bonds is 3. The summed E-state index contributed by atoms with van der Waals surface area (Å²) in [4.78, 5) is 12.2. The van der Waals surface area contributed by atoms with E-state index in [2.05, 4.69) is 17.5 Å². The van der Waals surface area contributed by atoms with Crippen molar-refractivity contribution in [2.45, 2.75) is 18.9 Å². The lowest BCUT2D eigenvalue weighted by Gasteiger charge is -2.19. The number of hydrogen-bond donors (Lipinski definition) is 1. The van der Waals surface area contributed by atoms with Crippen LogP contribution in [0.25, 0.3) is 0 Å². The van der Waals surface area contributed by atoms with Crippen molar-refractivity contribution in [3.63, 3.8) is 0 Å². The molecule has 0 aromatic heterocycles. The fraction of sp³-hybridized carbons (Fsp3) is 0.400. The second-order valence-corrected chi connectivity index (χ2v) is 5.09. The van der Waals surface area contributed by atoms with Gasteiger partial charge in [0.05, 0.1) is 7.11 Å². The molecule has 94 valence electrons. The molecular weight excluding hydrogens is 226 g/mol. The highest BCUT2D eigenvalue weighted by Gasteiger charge is 2.36. The Bertz CT molecular complexity index is 495. The number of amides is 1. The average Bonchev–Trinajstić information content (AvgIpc) is 3.01. The largest absolute Gasteiger partial charge is 0.497 e. The van der Waals surface area contributed by atoms with Crippen LogP contribution in [0.4, 0.5) is 0 Å².